The maximum Gasteiger partial charge on any atom is 0.0449 e. The Hall–Kier alpha value is -1.59. The lowest BCUT2D eigenvalue weighted by Gasteiger charge is -1.90. The largest absolute Gasteiger partial charge is 0.140 e. The summed E-state index contributed by atoms with van der Waals surface area (Å²) >= 11 is 5.62. The van der Waals surface area contributed by atoms with Gasteiger partial charge in [-0.15, -0.1) is 34.0 Å². The number of azide groups is 1. The van der Waals surface area contributed by atoms with Crippen molar-refractivity contribution in [2.45, 2.75) is 27.2 Å². The van der Waals surface area contributed by atoms with Gasteiger partial charge in [-0.25, -0.2) is 0 Å². The minimum Gasteiger partial charge on any atom is -0.140 e. The highest BCUT2D eigenvalue weighted by Gasteiger charge is 2.07. The van der Waals surface area contributed by atoms with E-state index in [9.17, 15) is 0 Å². The predicted octanol–water partition coefficient (Wildman–Crippen LogP) is 7.53. The summed E-state index contributed by atoms with van der Waals surface area (Å²) < 4.78 is 0. The van der Waals surface area contributed by atoms with Crippen molar-refractivity contribution in [3.8, 4) is 19.5 Å². The minimum atomic E-state index is 0.622. The first-order chi connectivity index (χ1) is 11.1. The molecule has 0 saturated carbocycles. The van der Waals surface area contributed by atoms with E-state index in [1.165, 1.54) is 29.3 Å². The highest BCUT2D eigenvalue weighted by molar-refractivity contribution is 7.26. The molecule has 120 valence electrons. The van der Waals surface area contributed by atoms with Gasteiger partial charge < -0.3 is 0 Å². The van der Waals surface area contributed by atoms with E-state index in [1.807, 2.05) is 40.9 Å². The lowest BCUT2D eigenvalue weighted by atomic mass is 10.3. The van der Waals surface area contributed by atoms with Crippen LogP contribution in [0.4, 0.5) is 0 Å². The molecule has 3 heterocycles. The first-order valence-corrected chi connectivity index (χ1v) is 9.83. The average Bonchev–Trinajstić information content (AvgIpc) is 3.25. The standard InChI is InChI=1S/C14H12S3.C3H7N3/c1-9-3-5-11(15-9)13-7-8-14(17-13)12-6-4-10(2)16-12;1-2-3-5-6-4/h3-8H,1-2H3;2-3H2,1H3. The van der Waals surface area contributed by atoms with E-state index in [0.717, 1.165) is 6.42 Å². The molecule has 0 spiro atoms. The molecule has 0 radical (unpaired) electrons. The third-order valence-electron chi connectivity index (χ3n) is 2.96. The second kappa shape index (κ2) is 8.89. The zero-order valence-corrected chi connectivity index (χ0v) is 15.9. The Morgan fingerprint density at radius 3 is 1.57 bits per heavy atom. The topological polar surface area (TPSA) is 48.8 Å². The van der Waals surface area contributed by atoms with Crippen molar-refractivity contribution in [1.29, 1.82) is 0 Å². The van der Waals surface area contributed by atoms with E-state index >= 15 is 0 Å². The van der Waals surface area contributed by atoms with Gasteiger partial charge in [0, 0.05) is 40.7 Å². The molecule has 23 heavy (non-hydrogen) atoms. The third-order valence-corrected chi connectivity index (χ3v) is 6.44. The molecule has 0 bridgehead atoms. The molecular weight excluding hydrogens is 342 g/mol. The molecule has 3 nitrogen and oxygen atoms in total. The fourth-order valence-electron chi connectivity index (χ4n) is 1.88. The van der Waals surface area contributed by atoms with Crippen LogP contribution in [0.1, 0.15) is 23.1 Å². The van der Waals surface area contributed by atoms with Gasteiger partial charge in [-0.05, 0) is 55.8 Å². The van der Waals surface area contributed by atoms with Crippen molar-refractivity contribution < 1.29 is 0 Å². The van der Waals surface area contributed by atoms with Crippen LogP contribution in [0.15, 0.2) is 41.5 Å². The lowest BCUT2D eigenvalue weighted by Crippen LogP contribution is -1.65. The third kappa shape index (κ3) is 5.22. The second-order valence-corrected chi connectivity index (χ2v) is 8.60. The number of rotatable bonds is 4. The molecule has 0 unspecified atom stereocenters. The molecule has 0 N–H and O–H groups in total. The molecule has 0 atom stereocenters. The van der Waals surface area contributed by atoms with Crippen LogP contribution in [0, 0.1) is 13.8 Å². The minimum absolute atomic E-state index is 0.622. The molecule has 0 amide bonds. The van der Waals surface area contributed by atoms with Crippen LogP contribution in [-0.2, 0) is 0 Å². The van der Waals surface area contributed by atoms with E-state index in [0.29, 0.717) is 6.54 Å². The van der Waals surface area contributed by atoms with Crippen molar-refractivity contribution in [2.24, 2.45) is 5.11 Å². The Morgan fingerprint density at radius 1 is 0.826 bits per heavy atom. The number of hydrogen-bond donors (Lipinski definition) is 0. The van der Waals surface area contributed by atoms with Gasteiger partial charge in [0.2, 0.25) is 0 Å². The van der Waals surface area contributed by atoms with Crippen LogP contribution in [0.5, 0.6) is 0 Å². The van der Waals surface area contributed by atoms with Crippen molar-refractivity contribution in [2.75, 3.05) is 6.54 Å². The van der Waals surface area contributed by atoms with Crippen LogP contribution in [0.2, 0.25) is 0 Å². The summed E-state index contributed by atoms with van der Waals surface area (Å²) in [7, 11) is 0. The summed E-state index contributed by atoms with van der Waals surface area (Å²) in [6.07, 6.45) is 0.935. The maximum absolute atomic E-state index is 7.66. The molecule has 3 aromatic rings. The maximum atomic E-state index is 7.66. The fraction of sp³-hybridized carbons (Fsp3) is 0.294. The summed E-state index contributed by atoms with van der Waals surface area (Å²) in [5.41, 5.74) is 7.66. The Balaban J connectivity index is 0.000000277. The predicted molar refractivity (Wildman–Crippen MR) is 105 cm³/mol. The van der Waals surface area contributed by atoms with Crippen LogP contribution in [0.25, 0.3) is 30.0 Å². The Bertz CT molecular complexity index is 737. The molecule has 3 aromatic heterocycles. The van der Waals surface area contributed by atoms with Gasteiger partial charge in [-0.3, -0.25) is 0 Å². The Kier molecular flexibility index (Phi) is 6.86. The van der Waals surface area contributed by atoms with Crippen LogP contribution in [0.3, 0.4) is 0 Å². The molecule has 0 aliphatic rings. The quantitative estimate of drug-likeness (QED) is 0.262. The zero-order valence-electron chi connectivity index (χ0n) is 13.4. The van der Waals surface area contributed by atoms with Gasteiger partial charge in [0.15, 0.2) is 0 Å². The average molecular weight is 362 g/mol. The second-order valence-electron chi connectivity index (χ2n) is 4.94. The molecule has 3 rings (SSSR count). The Morgan fingerprint density at radius 2 is 1.26 bits per heavy atom. The van der Waals surface area contributed by atoms with Gasteiger partial charge in [-0.2, -0.15) is 0 Å². The highest BCUT2D eigenvalue weighted by atomic mass is 32.1. The molecule has 0 aromatic carbocycles. The van der Waals surface area contributed by atoms with Crippen LogP contribution >= 0.6 is 34.0 Å². The van der Waals surface area contributed by atoms with E-state index in [1.54, 1.807) is 0 Å². The Labute approximate surface area is 148 Å². The zero-order chi connectivity index (χ0) is 16.7. The van der Waals surface area contributed by atoms with Gasteiger partial charge in [0.05, 0.1) is 0 Å². The van der Waals surface area contributed by atoms with Crippen molar-refractivity contribution >= 4 is 34.0 Å². The van der Waals surface area contributed by atoms with Crippen molar-refractivity contribution in [3.63, 3.8) is 0 Å². The first kappa shape index (κ1) is 17.8. The molecule has 0 fully saturated rings. The van der Waals surface area contributed by atoms with Crippen LogP contribution < -0.4 is 0 Å². The van der Waals surface area contributed by atoms with Crippen molar-refractivity contribution in [3.05, 3.63) is 56.6 Å². The van der Waals surface area contributed by atoms with E-state index in [4.69, 9.17) is 5.53 Å². The summed E-state index contributed by atoms with van der Waals surface area (Å²) in [6.45, 7) is 6.90. The van der Waals surface area contributed by atoms with E-state index in [-0.39, 0.29) is 0 Å². The monoisotopic (exact) mass is 361 g/mol. The molecule has 0 aliphatic heterocycles. The molecule has 0 saturated heterocycles. The van der Waals surface area contributed by atoms with Crippen molar-refractivity contribution in [1.82, 2.24) is 0 Å². The summed E-state index contributed by atoms with van der Waals surface area (Å²) in [6, 6.07) is 13.3. The summed E-state index contributed by atoms with van der Waals surface area (Å²) in [5, 5.41) is 3.27. The SMILES string of the molecule is CCCN=[N+]=[N-].Cc1ccc(-c2ccc(-c3ccc(C)s3)s2)s1. The van der Waals surface area contributed by atoms with Gasteiger partial charge in [-0.1, -0.05) is 18.5 Å². The molecular formula is C17H19N3S3. The van der Waals surface area contributed by atoms with Crippen LogP contribution in [-0.4, -0.2) is 6.54 Å². The van der Waals surface area contributed by atoms with Gasteiger partial charge in [0.25, 0.3) is 0 Å². The smallest absolute Gasteiger partial charge is 0.0449 e. The van der Waals surface area contributed by atoms with Gasteiger partial charge in [0.1, 0.15) is 0 Å². The molecule has 6 heteroatoms. The van der Waals surface area contributed by atoms with E-state index < -0.39 is 0 Å². The normalized spacial score (nSPS) is 9.87. The first-order valence-electron chi connectivity index (χ1n) is 7.38. The highest BCUT2D eigenvalue weighted by Crippen LogP contribution is 2.39. The number of aryl methyl sites for hydroxylation is 2. The summed E-state index contributed by atoms with van der Waals surface area (Å²) in [5.74, 6) is 0. The lowest BCUT2D eigenvalue weighted by molar-refractivity contribution is 0.922. The number of thiophene rings is 3. The number of nitrogens with zero attached hydrogens (tertiary/aromatic N) is 3. The van der Waals surface area contributed by atoms with E-state index in [2.05, 4.69) is 60.3 Å². The van der Waals surface area contributed by atoms with Gasteiger partial charge >= 0.3 is 0 Å². The summed E-state index contributed by atoms with van der Waals surface area (Å²) in [4.78, 5) is 10.8. The molecule has 0 aliphatic carbocycles. The number of hydrogen-bond acceptors (Lipinski definition) is 4. The fourth-order valence-corrected chi connectivity index (χ4v) is 4.80.